The van der Waals surface area contributed by atoms with Crippen LogP contribution in [0.4, 0.5) is 5.82 Å². The van der Waals surface area contributed by atoms with Crippen LogP contribution in [0.5, 0.6) is 5.88 Å². The predicted molar refractivity (Wildman–Crippen MR) is 73.6 cm³/mol. The molecule has 100 valence electrons. The highest BCUT2D eigenvalue weighted by Gasteiger charge is 2.21. The molecule has 6 heteroatoms. The van der Waals surface area contributed by atoms with Crippen LogP contribution in [0.25, 0.3) is 0 Å². The van der Waals surface area contributed by atoms with Crippen molar-refractivity contribution in [1.82, 2.24) is 9.97 Å². The van der Waals surface area contributed by atoms with E-state index in [1.54, 1.807) is 12.4 Å². The highest BCUT2D eigenvalue weighted by Crippen LogP contribution is 2.18. The Balaban J connectivity index is 2.02. The quantitative estimate of drug-likeness (QED) is 0.776. The van der Waals surface area contributed by atoms with E-state index in [1.807, 2.05) is 0 Å². The second-order valence-electron chi connectivity index (χ2n) is 4.16. The van der Waals surface area contributed by atoms with Gasteiger partial charge in [-0.1, -0.05) is 22.9 Å². The SMILES string of the molecule is CCCOc1cncc(N2CCOC(CBr)C2)n1. The summed E-state index contributed by atoms with van der Waals surface area (Å²) in [7, 11) is 0. The van der Waals surface area contributed by atoms with Crippen molar-refractivity contribution in [1.29, 1.82) is 0 Å². The van der Waals surface area contributed by atoms with Gasteiger partial charge in [-0.25, -0.2) is 0 Å². The van der Waals surface area contributed by atoms with Crippen LogP contribution in [0.2, 0.25) is 0 Å². The summed E-state index contributed by atoms with van der Waals surface area (Å²) in [5, 5.41) is 0.836. The number of nitrogens with zero attached hydrogens (tertiary/aromatic N) is 3. The van der Waals surface area contributed by atoms with Crippen molar-refractivity contribution in [2.24, 2.45) is 0 Å². The van der Waals surface area contributed by atoms with Crippen molar-refractivity contribution in [3.8, 4) is 5.88 Å². The standard InChI is InChI=1S/C12H18BrN3O2/c1-2-4-18-12-8-14-7-11(15-12)16-3-5-17-10(6-13)9-16/h7-8,10H,2-6,9H2,1H3. The van der Waals surface area contributed by atoms with Gasteiger partial charge < -0.3 is 14.4 Å². The van der Waals surface area contributed by atoms with Crippen molar-refractivity contribution in [2.45, 2.75) is 19.4 Å². The predicted octanol–water partition coefficient (Wildman–Crippen LogP) is 1.87. The zero-order chi connectivity index (χ0) is 12.8. The number of aromatic nitrogens is 2. The molecule has 0 aromatic carbocycles. The minimum Gasteiger partial charge on any atom is -0.477 e. The third kappa shape index (κ3) is 3.55. The average molecular weight is 316 g/mol. The fourth-order valence-corrected chi connectivity index (χ4v) is 2.18. The lowest BCUT2D eigenvalue weighted by Gasteiger charge is -2.32. The molecule has 0 amide bonds. The Labute approximate surface area is 116 Å². The molecule has 1 fully saturated rings. The summed E-state index contributed by atoms with van der Waals surface area (Å²) in [5.41, 5.74) is 0. The number of halogens is 1. The normalized spacial score (nSPS) is 19.9. The Hall–Kier alpha value is -0.880. The molecule has 0 spiro atoms. The molecule has 0 radical (unpaired) electrons. The maximum Gasteiger partial charge on any atom is 0.234 e. The van der Waals surface area contributed by atoms with Crippen LogP contribution in [0.3, 0.4) is 0 Å². The molecule has 1 aromatic heterocycles. The van der Waals surface area contributed by atoms with Crippen molar-refractivity contribution >= 4 is 21.7 Å². The van der Waals surface area contributed by atoms with Crippen molar-refractivity contribution in [3.05, 3.63) is 12.4 Å². The Kier molecular flexibility index (Phi) is 5.19. The lowest BCUT2D eigenvalue weighted by Crippen LogP contribution is -2.43. The van der Waals surface area contributed by atoms with Crippen LogP contribution in [0.15, 0.2) is 12.4 Å². The molecule has 1 unspecified atom stereocenters. The van der Waals surface area contributed by atoms with Gasteiger partial charge in [-0.3, -0.25) is 4.98 Å². The van der Waals surface area contributed by atoms with Crippen LogP contribution < -0.4 is 9.64 Å². The molecule has 1 atom stereocenters. The molecule has 5 nitrogen and oxygen atoms in total. The number of hydrogen-bond donors (Lipinski definition) is 0. The van der Waals surface area contributed by atoms with E-state index in [-0.39, 0.29) is 6.10 Å². The van der Waals surface area contributed by atoms with Gasteiger partial charge in [0.25, 0.3) is 0 Å². The van der Waals surface area contributed by atoms with E-state index in [0.29, 0.717) is 12.5 Å². The Morgan fingerprint density at radius 1 is 1.56 bits per heavy atom. The first-order valence-corrected chi connectivity index (χ1v) is 7.33. The molecular weight excluding hydrogens is 298 g/mol. The first-order chi connectivity index (χ1) is 8.83. The smallest absolute Gasteiger partial charge is 0.234 e. The van der Waals surface area contributed by atoms with E-state index in [0.717, 1.165) is 37.3 Å². The van der Waals surface area contributed by atoms with E-state index < -0.39 is 0 Å². The van der Waals surface area contributed by atoms with Crippen LogP contribution in [0.1, 0.15) is 13.3 Å². The molecule has 0 N–H and O–H groups in total. The summed E-state index contributed by atoms with van der Waals surface area (Å²) in [4.78, 5) is 10.8. The number of rotatable bonds is 5. The number of alkyl halides is 1. The van der Waals surface area contributed by atoms with Gasteiger partial charge in [-0.05, 0) is 6.42 Å². The van der Waals surface area contributed by atoms with E-state index in [2.05, 4.69) is 37.7 Å². The monoisotopic (exact) mass is 315 g/mol. The molecule has 0 saturated carbocycles. The second kappa shape index (κ2) is 6.89. The molecule has 18 heavy (non-hydrogen) atoms. The molecule has 2 rings (SSSR count). The van der Waals surface area contributed by atoms with Crippen LogP contribution in [0, 0.1) is 0 Å². The summed E-state index contributed by atoms with van der Waals surface area (Å²) >= 11 is 3.45. The molecule has 0 aliphatic carbocycles. The topological polar surface area (TPSA) is 47.5 Å². The maximum absolute atomic E-state index is 5.61. The van der Waals surface area contributed by atoms with Crippen LogP contribution in [-0.4, -0.2) is 47.7 Å². The van der Waals surface area contributed by atoms with Gasteiger partial charge in [0, 0.05) is 18.4 Å². The molecule has 1 aliphatic rings. The van der Waals surface area contributed by atoms with Crippen LogP contribution >= 0.6 is 15.9 Å². The zero-order valence-corrected chi connectivity index (χ0v) is 12.1. The lowest BCUT2D eigenvalue weighted by atomic mass is 10.3. The van der Waals surface area contributed by atoms with Gasteiger partial charge in [0.2, 0.25) is 5.88 Å². The minimum absolute atomic E-state index is 0.209. The lowest BCUT2D eigenvalue weighted by molar-refractivity contribution is 0.0567. The maximum atomic E-state index is 5.61. The van der Waals surface area contributed by atoms with E-state index in [1.165, 1.54) is 0 Å². The molecular formula is C12H18BrN3O2. The average Bonchev–Trinajstić information content (AvgIpc) is 2.45. The molecule has 0 bridgehead atoms. The Morgan fingerprint density at radius 2 is 2.44 bits per heavy atom. The number of morpholine rings is 1. The summed E-state index contributed by atoms with van der Waals surface area (Å²) in [6.45, 7) is 5.13. The third-order valence-electron chi connectivity index (χ3n) is 2.69. The van der Waals surface area contributed by atoms with Crippen molar-refractivity contribution < 1.29 is 9.47 Å². The highest BCUT2D eigenvalue weighted by atomic mass is 79.9. The van der Waals surface area contributed by atoms with Gasteiger partial charge in [0.1, 0.15) is 0 Å². The zero-order valence-electron chi connectivity index (χ0n) is 10.5. The third-order valence-corrected chi connectivity index (χ3v) is 3.41. The van der Waals surface area contributed by atoms with E-state index in [9.17, 15) is 0 Å². The Morgan fingerprint density at radius 3 is 3.22 bits per heavy atom. The van der Waals surface area contributed by atoms with Gasteiger partial charge in [0.15, 0.2) is 5.82 Å². The van der Waals surface area contributed by atoms with E-state index >= 15 is 0 Å². The summed E-state index contributed by atoms with van der Waals surface area (Å²) in [6, 6.07) is 0. The number of anilines is 1. The molecule has 1 aromatic rings. The second-order valence-corrected chi connectivity index (χ2v) is 4.80. The summed E-state index contributed by atoms with van der Waals surface area (Å²) < 4.78 is 11.1. The summed E-state index contributed by atoms with van der Waals surface area (Å²) in [6.07, 6.45) is 4.60. The largest absolute Gasteiger partial charge is 0.477 e. The molecule has 1 saturated heterocycles. The fraction of sp³-hybridized carbons (Fsp3) is 0.667. The van der Waals surface area contributed by atoms with Gasteiger partial charge in [-0.15, -0.1) is 0 Å². The number of ether oxygens (including phenoxy) is 2. The molecule has 2 heterocycles. The van der Waals surface area contributed by atoms with E-state index in [4.69, 9.17) is 9.47 Å². The fourth-order valence-electron chi connectivity index (χ4n) is 1.79. The first kappa shape index (κ1) is 13.5. The highest BCUT2D eigenvalue weighted by molar-refractivity contribution is 9.09. The van der Waals surface area contributed by atoms with Gasteiger partial charge in [0.05, 0.1) is 31.7 Å². The first-order valence-electron chi connectivity index (χ1n) is 6.21. The van der Waals surface area contributed by atoms with Crippen molar-refractivity contribution in [2.75, 3.05) is 36.5 Å². The summed E-state index contributed by atoms with van der Waals surface area (Å²) in [5.74, 6) is 1.45. The Bertz CT molecular complexity index is 378. The molecule has 1 aliphatic heterocycles. The van der Waals surface area contributed by atoms with Gasteiger partial charge >= 0.3 is 0 Å². The van der Waals surface area contributed by atoms with Gasteiger partial charge in [-0.2, -0.15) is 4.98 Å². The number of hydrogen-bond acceptors (Lipinski definition) is 5. The van der Waals surface area contributed by atoms with Crippen LogP contribution in [-0.2, 0) is 4.74 Å². The minimum atomic E-state index is 0.209. The van der Waals surface area contributed by atoms with Crippen molar-refractivity contribution in [3.63, 3.8) is 0 Å².